The Balaban J connectivity index is 1.97. The first-order chi connectivity index (χ1) is 8.75. The van der Waals surface area contributed by atoms with Gasteiger partial charge in [0.2, 0.25) is 0 Å². The van der Waals surface area contributed by atoms with Gasteiger partial charge >= 0.3 is 0 Å². The second kappa shape index (κ2) is 4.34. The summed E-state index contributed by atoms with van der Waals surface area (Å²) < 4.78 is 12.6. The van der Waals surface area contributed by atoms with Crippen LogP contribution >= 0.6 is 0 Å². The summed E-state index contributed by atoms with van der Waals surface area (Å²) in [4.78, 5) is 0. The van der Waals surface area contributed by atoms with Crippen molar-refractivity contribution in [3.05, 3.63) is 30.5 Å². The second-order valence-electron chi connectivity index (χ2n) is 4.34. The molecule has 94 valence electrons. The summed E-state index contributed by atoms with van der Waals surface area (Å²) >= 11 is 0. The summed E-state index contributed by atoms with van der Waals surface area (Å²) in [5.74, 6) is 1.46. The van der Waals surface area contributed by atoms with Crippen LogP contribution < -0.4 is 10.5 Å². The number of aryl methyl sites for hydroxylation is 1. The molecular formula is C13H15N3O2. The third kappa shape index (κ3) is 1.82. The lowest BCUT2D eigenvalue weighted by Gasteiger charge is -2.27. The highest BCUT2D eigenvalue weighted by atomic mass is 16.6. The molecule has 5 heteroatoms. The molecule has 18 heavy (non-hydrogen) atoms. The molecule has 2 N–H and O–H groups in total. The van der Waals surface area contributed by atoms with Gasteiger partial charge in [0, 0.05) is 18.2 Å². The van der Waals surface area contributed by atoms with Crippen LogP contribution in [0.2, 0.25) is 0 Å². The van der Waals surface area contributed by atoms with Gasteiger partial charge in [-0.3, -0.25) is 4.68 Å². The minimum absolute atomic E-state index is 0.143. The SMILES string of the molecule is Cn1ncc(-c2ccccc2OC2COC2)c1N. The zero-order chi connectivity index (χ0) is 12.5. The normalized spacial score (nSPS) is 15.4. The Morgan fingerprint density at radius 1 is 1.33 bits per heavy atom. The highest BCUT2D eigenvalue weighted by Gasteiger charge is 2.22. The molecule has 1 aliphatic heterocycles. The molecule has 0 aliphatic carbocycles. The van der Waals surface area contributed by atoms with Crippen LogP contribution in [-0.4, -0.2) is 29.1 Å². The van der Waals surface area contributed by atoms with E-state index < -0.39 is 0 Å². The van der Waals surface area contributed by atoms with Crippen molar-refractivity contribution in [3.8, 4) is 16.9 Å². The van der Waals surface area contributed by atoms with Gasteiger partial charge in [0.1, 0.15) is 17.7 Å². The first-order valence-electron chi connectivity index (χ1n) is 5.87. The van der Waals surface area contributed by atoms with E-state index in [1.54, 1.807) is 10.9 Å². The van der Waals surface area contributed by atoms with Gasteiger partial charge in [0.15, 0.2) is 0 Å². The Hall–Kier alpha value is -2.01. The first-order valence-corrected chi connectivity index (χ1v) is 5.87. The zero-order valence-electron chi connectivity index (χ0n) is 10.2. The second-order valence-corrected chi connectivity index (χ2v) is 4.34. The number of rotatable bonds is 3. The van der Waals surface area contributed by atoms with Crippen LogP contribution in [0.3, 0.4) is 0 Å². The number of benzene rings is 1. The number of ether oxygens (including phenoxy) is 2. The van der Waals surface area contributed by atoms with Crippen molar-refractivity contribution >= 4 is 5.82 Å². The van der Waals surface area contributed by atoms with E-state index in [9.17, 15) is 0 Å². The average molecular weight is 245 g/mol. The number of para-hydroxylation sites is 1. The fourth-order valence-corrected chi connectivity index (χ4v) is 1.91. The first kappa shape index (κ1) is 11.1. The van der Waals surface area contributed by atoms with E-state index in [1.807, 2.05) is 31.3 Å². The predicted molar refractivity (Wildman–Crippen MR) is 68.3 cm³/mol. The highest BCUT2D eigenvalue weighted by Crippen LogP contribution is 2.34. The molecule has 1 aromatic heterocycles. The van der Waals surface area contributed by atoms with Crippen LogP contribution in [-0.2, 0) is 11.8 Å². The zero-order valence-corrected chi connectivity index (χ0v) is 10.2. The molecule has 1 aromatic carbocycles. The minimum atomic E-state index is 0.143. The lowest BCUT2D eigenvalue weighted by atomic mass is 10.1. The molecule has 2 heterocycles. The predicted octanol–water partition coefficient (Wildman–Crippen LogP) is 1.45. The highest BCUT2D eigenvalue weighted by molar-refractivity contribution is 5.78. The van der Waals surface area contributed by atoms with Crippen molar-refractivity contribution in [1.82, 2.24) is 9.78 Å². The Morgan fingerprint density at radius 2 is 2.11 bits per heavy atom. The molecule has 5 nitrogen and oxygen atoms in total. The minimum Gasteiger partial charge on any atom is -0.485 e. The van der Waals surface area contributed by atoms with E-state index in [-0.39, 0.29) is 6.10 Å². The van der Waals surface area contributed by atoms with Crippen LogP contribution in [0.25, 0.3) is 11.1 Å². The summed E-state index contributed by atoms with van der Waals surface area (Å²) in [6.45, 7) is 1.30. The van der Waals surface area contributed by atoms with Gasteiger partial charge in [-0.2, -0.15) is 5.10 Å². The number of nitrogens with zero attached hydrogens (tertiary/aromatic N) is 2. The molecule has 2 aromatic rings. The molecule has 1 fully saturated rings. The van der Waals surface area contributed by atoms with E-state index in [0.717, 1.165) is 16.9 Å². The lowest BCUT2D eigenvalue weighted by Crippen LogP contribution is -2.38. The van der Waals surface area contributed by atoms with Gasteiger partial charge < -0.3 is 15.2 Å². The van der Waals surface area contributed by atoms with Crippen LogP contribution in [0.4, 0.5) is 5.82 Å². The Bertz CT molecular complexity index is 561. The summed E-state index contributed by atoms with van der Waals surface area (Å²) in [5, 5.41) is 4.16. The third-order valence-electron chi connectivity index (χ3n) is 3.06. The quantitative estimate of drug-likeness (QED) is 0.889. The molecule has 3 rings (SSSR count). The average Bonchev–Trinajstić information content (AvgIpc) is 2.66. The number of hydrogen-bond donors (Lipinski definition) is 1. The molecule has 0 unspecified atom stereocenters. The maximum absolute atomic E-state index is 6.00. The molecule has 0 amide bonds. The Labute approximate surface area is 105 Å². The molecule has 0 saturated carbocycles. The molecule has 0 radical (unpaired) electrons. The van der Waals surface area contributed by atoms with Crippen molar-refractivity contribution < 1.29 is 9.47 Å². The van der Waals surface area contributed by atoms with Gasteiger partial charge in [0.05, 0.1) is 19.4 Å². The summed E-state index contributed by atoms with van der Waals surface area (Å²) in [5.41, 5.74) is 7.87. The molecule has 0 bridgehead atoms. The Morgan fingerprint density at radius 3 is 2.72 bits per heavy atom. The van der Waals surface area contributed by atoms with Gasteiger partial charge in [-0.15, -0.1) is 0 Å². The lowest BCUT2D eigenvalue weighted by molar-refractivity contribution is -0.0794. The van der Waals surface area contributed by atoms with Crippen molar-refractivity contribution in [3.63, 3.8) is 0 Å². The molecule has 0 spiro atoms. The maximum atomic E-state index is 6.00. The van der Waals surface area contributed by atoms with E-state index >= 15 is 0 Å². The number of hydrogen-bond acceptors (Lipinski definition) is 4. The largest absolute Gasteiger partial charge is 0.485 e. The number of aromatic nitrogens is 2. The van der Waals surface area contributed by atoms with Gasteiger partial charge in [0.25, 0.3) is 0 Å². The van der Waals surface area contributed by atoms with Gasteiger partial charge in [-0.1, -0.05) is 18.2 Å². The number of nitrogen functional groups attached to an aromatic ring is 1. The monoisotopic (exact) mass is 245 g/mol. The standard InChI is InChI=1S/C13H15N3O2/c1-16-13(14)11(6-15-16)10-4-2-3-5-12(10)18-9-7-17-8-9/h2-6,9H,7-8,14H2,1H3. The van der Waals surface area contributed by atoms with E-state index in [0.29, 0.717) is 19.0 Å². The molecular weight excluding hydrogens is 230 g/mol. The maximum Gasteiger partial charge on any atom is 0.145 e. The third-order valence-corrected chi connectivity index (χ3v) is 3.06. The van der Waals surface area contributed by atoms with Crippen LogP contribution in [0.1, 0.15) is 0 Å². The molecule has 0 atom stereocenters. The molecule has 1 saturated heterocycles. The van der Waals surface area contributed by atoms with Crippen molar-refractivity contribution in [2.24, 2.45) is 7.05 Å². The van der Waals surface area contributed by atoms with Crippen LogP contribution in [0.5, 0.6) is 5.75 Å². The van der Waals surface area contributed by atoms with Gasteiger partial charge in [-0.05, 0) is 6.07 Å². The number of anilines is 1. The summed E-state index contributed by atoms with van der Waals surface area (Å²) in [6.07, 6.45) is 1.90. The Kier molecular flexibility index (Phi) is 2.68. The van der Waals surface area contributed by atoms with Crippen LogP contribution in [0, 0.1) is 0 Å². The van der Waals surface area contributed by atoms with E-state index in [4.69, 9.17) is 15.2 Å². The fourth-order valence-electron chi connectivity index (χ4n) is 1.91. The van der Waals surface area contributed by atoms with Crippen molar-refractivity contribution in [2.75, 3.05) is 18.9 Å². The smallest absolute Gasteiger partial charge is 0.145 e. The topological polar surface area (TPSA) is 62.3 Å². The fraction of sp³-hybridized carbons (Fsp3) is 0.308. The van der Waals surface area contributed by atoms with Crippen molar-refractivity contribution in [2.45, 2.75) is 6.10 Å². The summed E-state index contributed by atoms with van der Waals surface area (Å²) in [6, 6.07) is 7.85. The summed E-state index contributed by atoms with van der Waals surface area (Å²) in [7, 11) is 1.82. The van der Waals surface area contributed by atoms with Crippen LogP contribution in [0.15, 0.2) is 30.5 Å². The van der Waals surface area contributed by atoms with Crippen molar-refractivity contribution in [1.29, 1.82) is 0 Å². The van der Waals surface area contributed by atoms with Gasteiger partial charge in [-0.25, -0.2) is 0 Å². The van der Waals surface area contributed by atoms with E-state index in [1.165, 1.54) is 0 Å². The van der Waals surface area contributed by atoms with E-state index in [2.05, 4.69) is 5.10 Å². The molecule has 1 aliphatic rings. The number of nitrogens with two attached hydrogens (primary N) is 1.